The number of aryl methyl sites for hydroxylation is 1. The third kappa shape index (κ3) is 6.60. The molecule has 0 bridgehead atoms. The molecule has 1 aromatic heterocycles. The predicted octanol–water partition coefficient (Wildman–Crippen LogP) is 8.00. The first kappa shape index (κ1) is 26.8. The van der Waals surface area contributed by atoms with Crippen molar-refractivity contribution in [1.82, 2.24) is 0 Å². The van der Waals surface area contributed by atoms with E-state index >= 15 is 0 Å². The summed E-state index contributed by atoms with van der Waals surface area (Å²) in [5.41, 5.74) is 2.76. The van der Waals surface area contributed by atoms with Crippen LogP contribution in [0.15, 0.2) is 113 Å². The van der Waals surface area contributed by atoms with E-state index in [1.165, 1.54) is 18.4 Å². The van der Waals surface area contributed by atoms with Gasteiger partial charge in [-0.25, -0.2) is 4.79 Å². The molecule has 0 saturated carbocycles. The molecule has 0 atom stereocenters. The zero-order chi connectivity index (χ0) is 27.9. The van der Waals surface area contributed by atoms with Crippen LogP contribution >= 0.6 is 11.6 Å². The SMILES string of the molecule is CCc1ccccc1Oc1coc2cc(OC(=O)C=Cc3ccc(OCc4ccc(Cl)cc4)cc3)ccc2c1=O. The first-order valence-electron chi connectivity index (χ1n) is 12.7. The van der Waals surface area contributed by atoms with Crippen LogP contribution in [0.25, 0.3) is 17.0 Å². The molecule has 0 N–H and O–H groups in total. The minimum atomic E-state index is -0.569. The van der Waals surface area contributed by atoms with Gasteiger partial charge >= 0.3 is 5.97 Å². The molecule has 0 aliphatic rings. The van der Waals surface area contributed by atoms with Gasteiger partial charge in [-0.3, -0.25) is 4.79 Å². The molecule has 0 radical (unpaired) electrons. The fourth-order valence-corrected chi connectivity index (χ4v) is 4.10. The van der Waals surface area contributed by atoms with Crippen LogP contribution in [0.2, 0.25) is 5.02 Å². The van der Waals surface area contributed by atoms with Crippen molar-refractivity contribution in [3.8, 4) is 23.0 Å². The standard InChI is InChI=1S/C33H25ClO6/c1-2-24-5-3-4-6-29(24)40-31-21-38-30-19-27(16-17-28(30)33(31)36)39-32(35)18-11-22-9-14-26(15-10-22)37-20-23-7-12-25(34)13-8-23/h3-19,21H,2,20H2,1H3. The maximum absolute atomic E-state index is 13.0. The average Bonchev–Trinajstić information content (AvgIpc) is 2.98. The molecule has 0 spiro atoms. The molecule has 4 aromatic carbocycles. The van der Waals surface area contributed by atoms with E-state index in [9.17, 15) is 9.59 Å². The number of hydrogen-bond donors (Lipinski definition) is 0. The van der Waals surface area contributed by atoms with Crippen molar-refractivity contribution in [2.24, 2.45) is 0 Å². The molecular weight excluding hydrogens is 528 g/mol. The van der Waals surface area contributed by atoms with Gasteiger partial charge in [0, 0.05) is 17.2 Å². The number of esters is 1. The number of benzene rings is 4. The normalized spacial score (nSPS) is 11.1. The lowest BCUT2D eigenvalue weighted by molar-refractivity contribution is -0.128. The number of fused-ring (bicyclic) bond motifs is 1. The van der Waals surface area contributed by atoms with Gasteiger partial charge in [0.15, 0.2) is 0 Å². The molecular formula is C33H25ClO6. The highest BCUT2D eigenvalue weighted by Crippen LogP contribution is 2.27. The van der Waals surface area contributed by atoms with Crippen LogP contribution < -0.4 is 19.6 Å². The molecule has 1 heterocycles. The molecule has 0 aliphatic heterocycles. The third-order valence-electron chi connectivity index (χ3n) is 6.12. The summed E-state index contributed by atoms with van der Waals surface area (Å²) in [4.78, 5) is 25.4. The number of hydrogen-bond acceptors (Lipinski definition) is 6. The maximum Gasteiger partial charge on any atom is 0.336 e. The predicted molar refractivity (Wildman–Crippen MR) is 155 cm³/mol. The Morgan fingerprint density at radius 2 is 1.65 bits per heavy atom. The second-order valence-corrected chi connectivity index (χ2v) is 9.33. The van der Waals surface area contributed by atoms with Gasteiger partial charge < -0.3 is 18.6 Å². The van der Waals surface area contributed by atoms with Crippen LogP contribution in [-0.4, -0.2) is 5.97 Å². The van der Waals surface area contributed by atoms with Gasteiger partial charge in [-0.05, 0) is 71.7 Å². The van der Waals surface area contributed by atoms with Crippen LogP contribution in [0.4, 0.5) is 0 Å². The number of para-hydroxylation sites is 1. The van der Waals surface area contributed by atoms with Gasteiger partial charge in [-0.2, -0.15) is 0 Å². The summed E-state index contributed by atoms with van der Waals surface area (Å²) in [6.07, 6.45) is 5.00. The quantitative estimate of drug-likeness (QED) is 0.105. The van der Waals surface area contributed by atoms with Crippen molar-refractivity contribution in [3.63, 3.8) is 0 Å². The van der Waals surface area contributed by atoms with E-state index in [-0.39, 0.29) is 22.5 Å². The van der Waals surface area contributed by atoms with Crippen molar-refractivity contribution in [3.05, 3.63) is 135 Å². The summed E-state index contributed by atoms with van der Waals surface area (Å²) < 4.78 is 22.7. The van der Waals surface area contributed by atoms with E-state index in [0.717, 1.165) is 23.1 Å². The first-order chi connectivity index (χ1) is 19.5. The summed E-state index contributed by atoms with van der Waals surface area (Å²) in [6.45, 7) is 2.44. The van der Waals surface area contributed by atoms with Crippen LogP contribution in [0, 0.1) is 0 Å². The molecule has 0 saturated heterocycles. The second kappa shape index (κ2) is 12.4. The zero-order valence-electron chi connectivity index (χ0n) is 21.6. The minimum absolute atomic E-state index is 0.0856. The maximum atomic E-state index is 13.0. The number of ether oxygens (including phenoxy) is 3. The highest BCUT2D eigenvalue weighted by molar-refractivity contribution is 6.30. The molecule has 0 unspecified atom stereocenters. The van der Waals surface area contributed by atoms with Crippen LogP contribution in [0.3, 0.4) is 0 Å². The molecule has 0 fully saturated rings. The summed E-state index contributed by atoms with van der Waals surface area (Å²) in [7, 11) is 0. The zero-order valence-corrected chi connectivity index (χ0v) is 22.4. The Kier molecular flexibility index (Phi) is 8.28. The summed E-state index contributed by atoms with van der Waals surface area (Å²) in [5.74, 6) is 1.08. The Labute approximate surface area is 236 Å². The fourth-order valence-electron chi connectivity index (χ4n) is 3.98. The molecule has 0 amide bonds. The van der Waals surface area contributed by atoms with E-state index in [1.807, 2.05) is 79.7 Å². The number of halogens is 1. The van der Waals surface area contributed by atoms with Gasteiger partial charge in [0.25, 0.3) is 0 Å². The molecule has 40 heavy (non-hydrogen) atoms. The number of carbonyl (C=O) groups excluding carboxylic acids is 1. The smallest absolute Gasteiger partial charge is 0.336 e. The topological polar surface area (TPSA) is 75.0 Å². The van der Waals surface area contributed by atoms with E-state index in [1.54, 1.807) is 18.2 Å². The first-order valence-corrected chi connectivity index (χ1v) is 13.0. The summed E-state index contributed by atoms with van der Waals surface area (Å²) >= 11 is 5.91. The second-order valence-electron chi connectivity index (χ2n) is 8.89. The minimum Gasteiger partial charge on any atom is -0.489 e. The van der Waals surface area contributed by atoms with E-state index in [0.29, 0.717) is 28.5 Å². The van der Waals surface area contributed by atoms with Crippen molar-refractivity contribution in [2.45, 2.75) is 20.0 Å². The Balaban J connectivity index is 1.20. The van der Waals surface area contributed by atoms with Crippen molar-refractivity contribution in [2.75, 3.05) is 0 Å². The van der Waals surface area contributed by atoms with Crippen molar-refractivity contribution >= 4 is 34.6 Å². The molecule has 5 rings (SSSR count). The number of rotatable bonds is 9. The Morgan fingerprint density at radius 3 is 2.42 bits per heavy atom. The molecule has 200 valence electrons. The van der Waals surface area contributed by atoms with Gasteiger partial charge in [-0.15, -0.1) is 0 Å². The van der Waals surface area contributed by atoms with E-state index in [4.69, 9.17) is 30.2 Å². The van der Waals surface area contributed by atoms with E-state index < -0.39 is 5.97 Å². The Hall–Kier alpha value is -4.81. The Morgan fingerprint density at radius 1 is 0.900 bits per heavy atom. The molecule has 5 aromatic rings. The fraction of sp³-hybridized carbons (Fsp3) is 0.0909. The lowest BCUT2D eigenvalue weighted by Crippen LogP contribution is -2.07. The lowest BCUT2D eigenvalue weighted by Gasteiger charge is -2.09. The third-order valence-corrected chi connectivity index (χ3v) is 6.37. The summed E-state index contributed by atoms with van der Waals surface area (Å²) in [6, 6.07) is 26.9. The van der Waals surface area contributed by atoms with Crippen molar-refractivity contribution < 1.29 is 23.4 Å². The highest BCUT2D eigenvalue weighted by Gasteiger charge is 2.12. The largest absolute Gasteiger partial charge is 0.489 e. The van der Waals surface area contributed by atoms with Crippen molar-refractivity contribution in [1.29, 1.82) is 0 Å². The van der Waals surface area contributed by atoms with Gasteiger partial charge in [0.2, 0.25) is 11.2 Å². The van der Waals surface area contributed by atoms with Crippen LogP contribution in [0.1, 0.15) is 23.6 Å². The van der Waals surface area contributed by atoms with Crippen LogP contribution in [-0.2, 0) is 17.8 Å². The molecule has 0 aliphatic carbocycles. The molecule has 6 nitrogen and oxygen atoms in total. The number of carbonyl (C=O) groups is 1. The monoisotopic (exact) mass is 552 g/mol. The highest BCUT2D eigenvalue weighted by atomic mass is 35.5. The van der Waals surface area contributed by atoms with Gasteiger partial charge in [-0.1, -0.05) is 61.0 Å². The van der Waals surface area contributed by atoms with Gasteiger partial charge in [0.1, 0.15) is 35.7 Å². The molecule has 7 heteroatoms. The summed E-state index contributed by atoms with van der Waals surface area (Å²) in [5, 5.41) is 1.000. The van der Waals surface area contributed by atoms with E-state index in [2.05, 4.69) is 0 Å². The van der Waals surface area contributed by atoms with Gasteiger partial charge in [0.05, 0.1) is 5.39 Å². The lowest BCUT2D eigenvalue weighted by atomic mass is 10.1. The van der Waals surface area contributed by atoms with Crippen LogP contribution in [0.5, 0.6) is 23.0 Å². The Bertz CT molecular complexity index is 1720. The average molecular weight is 553 g/mol.